The van der Waals surface area contributed by atoms with Gasteiger partial charge in [0.25, 0.3) is 0 Å². The predicted octanol–water partition coefficient (Wildman–Crippen LogP) is 2.77. The van der Waals surface area contributed by atoms with Crippen LogP contribution in [0.2, 0.25) is 0 Å². The van der Waals surface area contributed by atoms with Crippen molar-refractivity contribution in [1.29, 1.82) is 0 Å². The Labute approximate surface area is 131 Å². The Morgan fingerprint density at radius 3 is 1.91 bits per heavy atom. The van der Waals surface area contributed by atoms with Gasteiger partial charge >= 0.3 is 0 Å². The molecule has 0 unspecified atom stereocenters. The normalized spacial score (nSPS) is 15.1. The Bertz CT molecular complexity index is 746. The first-order valence-electron chi connectivity index (χ1n) is 6.54. The molecule has 0 spiro atoms. The zero-order valence-electron chi connectivity index (χ0n) is 11.8. The van der Waals surface area contributed by atoms with Crippen LogP contribution < -0.4 is 0 Å². The molecule has 0 amide bonds. The van der Waals surface area contributed by atoms with Gasteiger partial charge in [-0.3, -0.25) is 4.79 Å². The Morgan fingerprint density at radius 2 is 1.35 bits per heavy atom. The second-order valence-electron chi connectivity index (χ2n) is 4.68. The van der Waals surface area contributed by atoms with Crippen LogP contribution in [0.5, 0.6) is 17.2 Å². The summed E-state index contributed by atoms with van der Waals surface area (Å²) in [6, 6.07) is 2.19. The number of carbonyl (C=O) groups excluding carboxylic acids is 1. The average molecular weight is 314 g/mol. The van der Waals surface area contributed by atoms with Crippen LogP contribution in [-0.4, -0.2) is 31.3 Å². The van der Waals surface area contributed by atoms with Crippen LogP contribution in [0.3, 0.4) is 0 Å². The van der Waals surface area contributed by atoms with Gasteiger partial charge in [-0.1, -0.05) is 18.2 Å². The fraction of sp³-hybridized carbons (Fsp3) is 0. The summed E-state index contributed by atoms with van der Waals surface area (Å²) >= 11 is 0. The van der Waals surface area contributed by atoms with E-state index in [1.54, 1.807) is 0 Å². The number of phenols is 3. The second kappa shape index (κ2) is 6.57. The van der Waals surface area contributed by atoms with E-state index in [9.17, 15) is 30.3 Å². The van der Waals surface area contributed by atoms with Gasteiger partial charge in [-0.05, 0) is 12.2 Å². The fourth-order valence-corrected chi connectivity index (χ4v) is 1.92. The molecule has 118 valence electrons. The summed E-state index contributed by atoms with van der Waals surface area (Å²) in [6.07, 6.45) is 9.29. The van der Waals surface area contributed by atoms with Gasteiger partial charge in [0.1, 0.15) is 28.8 Å². The molecule has 2 rings (SSSR count). The molecule has 6 nitrogen and oxygen atoms in total. The standard InChI is InChI=1S/C17H14O6/c18-10-6-14(20)12(15(21)7-10)4-2-1-3-5-13-16(22)8-11(19)9-17(13)23/h1-9,18,20-23H/b3-1+,4-2+. The number of hydrogen-bond acceptors (Lipinski definition) is 6. The molecule has 1 aliphatic rings. The Morgan fingerprint density at radius 1 is 0.783 bits per heavy atom. The largest absolute Gasteiger partial charge is 0.508 e. The molecule has 23 heavy (non-hydrogen) atoms. The molecule has 1 aromatic rings. The van der Waals surface area contributed by atoms with Crippen molar-refractivity contribution < 1.29 is 30.3 Å². The predicted molar refractivity (Wildman–Crippen MR) is 84.1 cm³/mol. The molecule has 0 saturated heterocycles. The number of aliphatic hydroxyl groups is 2. The van der Waals surface area contributed by atoms with E-state index in [2.05, 4.69) is 0 Å². The zero-order valence-corrected chi connectivity index (χ0v) is 11.8. The van der Waals surface area contributed by atoms with Crippen molar-refractivity contribution in [2.75, 3.05) is 0 Å². The van der Waals surface area contributed by atoms with Crippen molar-refractivity contribution in [2.45, 2.75) is 0 Å². The number of phenolic OH excluding ortho intramolecular Hbond substituents is 3. The van der Waals surface area contributed by atoms with Crippen molar-refractivity contribution in [1.82, 2.24) is 0 Å². The van der Waals surface area contributed by atoms with Crippen molar-refractivity contribution in [3.05, 3.63) is 71.2 Å². The molecule has 0 saturated carbocycles. The number of aromatic hydroxyl groups is 3. The van der Waals surface area contributed by atoms with Gasteiger partial charge in [-0.15, -0.1) is 0 Å². The smallest absolute Gasteiger partial charge is 0.186 e. The highest BCUT2D eigenvalue weighted by Crippen LogP contribution is 2.32. The minimum Gasteiger partial charge on any atom is -0.508 e. The van der Waals surface area contributed by atoms with E-state index in [1.807, 2.05) is 0 Å². The first-order valence-corrected chi connectivity index (χ1v) is 6.54. The fourth-order valence-electron chi connectivity index (χ4n) is 1.92. The summed E-state index contributed by atoms with van der Waals surface area (Å²) in [6.45, 7) is 0. The number of aliphatic hydroxyl groups excluding tert-OH is 2. The number of rotatable bonds is 3. The van der Waals surface area contributed by atoms with Crippen molar-refractivity contribution in [2.24, 2.45) is 0 Å². The first-order chi connectivity index (χ1) is 10.9. The number of ketones is 1. The van der Waals surface area contributed by atoms with E-state index in [0.29, 0.717) is 0 Å². The van der Waals surface area contributed by atoms with Gasteiger partial charge in [-0.25, -0.2) is 0 Å². The van der Waals surface area contributed by atoms with Gasteiger partial charge in [0.2, 0.25) is 0 Å². The molecule has 1 aromatic carbocycles. The number of allylic oxidation sites excluding steroid dienone is 6. The Kier molecular flexibility index (Phi) is 4.56. The summed E-state index contributed by atoms with van der Waals surface area (Å²) in [7, 11) is 0. The SMILES string of the molecule is O=C1C=C(O)C(=C/C=C/C=C/c2c(O)cc(O)cc2O)C(O)=C1. The average Bonchev–Trinajstić information content (AvgIpc) is 2.42. The lowest BCUT2D eigenvalue weighted by molar-refractivity contribution is -0.110. The van der Waals surface area contributed by atoms with E-state index in [1.165, 1.54) is 30.4 Å². The van der Waals surface area contributed by atoms with Crippen LogP contribution in [0.1, 0.15) is 5.56 Å². The van der Waals surface area contributed by atoms with Gasteiger partial charge in [0, 0.05) is 24.3 Å². The van der Waals surface area contributed by atoms with Crippen molar-refractivity contribution in [3.63, 3.8) is 0 Å². The molecule has 0 atom stereocenters. The minimum atomic E-state index is -0.501. The maximum atomic E-state index is 11.1. The topological polar surface area (TPSA) is 118 Å². The van der Waals surface area contributed by atoms with Gasteiger partial charge in [0.15, 0.2) is 5.78 Å². The molecule has 0 aromatic heterocycles. The number of hydrogen-bond donors (Lipinski definition) is 5. The zero-order chi connectivity index (χ0) is 17.0. The van der Waals surface area contributed by atoms with E-state index in [-0.39, 0.29) is 39.9 Å². The maximum Gasteiger partial charge on any atom is 0.186 e. The third kappa shape index (κ3) is 3.82. The van der Waals surface area contributed by atoms with Gasteiger partial charge in [-0.2, -0.15) is 0 Å². The lowest BCUT2D eigenvalue weighted by Crippen LogP contribution is -2.04. The molecule has 0 heterocycles. The minimum absolute atomic E-state index is 0.101. The lowest BCUT2D eigenvalue weighted by Gasteiger charge is -2.08. The van der Waals surface area contributed by atoms with Crippen LogP contribution in [0.4, 0.5) is 0 Å². The summed E-state index contributed by atoms with van der Waals surface area (Å²) in [5.41, 5.74) is 0.235. The van der Waals surface area contributed by atoms with Crippen LogP contribution in [0.25, 0.3) is 6.08 Å². The monoisotopic (exact) mass is 314 g/mol. The highest BCUT2D eigenvalue weighted by atomic mass is 16.3. The third-order valence-corrected chi connectivity index (χ3v) is 2.98. The summed E-state index contributed by atoms with van der Waals surface area (Å²) < 4.78 is 0. The third-order valence-electron chi connectivity index (χ3n) is 2.98. The van der Waals surface area contributed by atoms with Crippen LogP contribution in [-0.2, 0) is 4.79 Å². The molecular formula is C17H14O6. The van der Waals surface area contributed by atoms with Crippen LogP contribution >= 0.6 is 0 Å². The summed E-state index contributed by atoms with van der Waals surface area (Å²) in [5.74, 6) is -1.99. The second-order valence-corrected chi connectivity index (χ2v) is 4.68. The molecule has 1 aliphatic carbocycles. The van der Waals surface area contributed by atoms with Gasteiger partial charge < -0.3 is 25.5 Å². The van der Waals surface area contributed by atoms with E-state index in [0.717, 1.165) is 24.3 Å². The quantitative estimate of drug-likeness (QED) is 0.547. The molecular weight excluding hydrogens is 300 g/mol. The molecule has 0 bridgehead atoms. The van der Waals surface area contributed by atoms with E-state index < -0.39 is 5.78 Å². The van der Waals surface area contributed by atoms with E-state index in [4.69, 9.17) is 0 Å². The van der Waals surface area contributed by atoms with Crippen LogP contribution in [0, 0.1) is 0 Å². The highest BCUT2D eigenvalue weighted by molar-refractivity contribution is 6.02. The lowest BCUT2D eigenvalue weighted by atomic mass is 10.0. The van der Waals surface area contributed by atoms with E-state index >= 15 is 0 Å². The maximum absolute atomic E-state index is 11.1. The van der Waals surface area contributed by atoms with Crippen molar-refractivity contribution >= 4 is 11.9 Å². The van der Waals surface area contributed by atoms with Gasteiger partial charge in [0.05, 0.1) is 11.1 Å². The summed E-state index contributed by atoms with van der Waals surface area (Å²) in [4.78, 5) is 11.1. The molecule has 0 aliphatic heterocycles. The Balaban J connectivity index is 2.14. The Hall–Kier alpha value is -3.41. The first kappa shape index (κ1) is 16.0. The van der Waals surface area contributed by atoms with Crippen LogP contribution in [0.15, 0.2) is 65.7 Å². The number of carbonyl (C=O) groups is 1. The molecule has 6 heteroatoms. The molecule has 0 fully saturated rings. The summed E-state index contributed by atoms with van der Waals surface area (Å²) in [5, 5.41) is 47.6. The van der Waals surface area contributed by atoms with Crippen molar-refractivity contribution in [3.8, 4) is 17.2 Å². The molecule has 5 N–H and O–H groups in total. The molecule has 0 radical (unpaired) electrons. The number of benzene rings is 1. The highest BCUT2D eigenvalue weighted by Gasteiger charge is 2.15.